The van der Waals surface area contributed by atoms with Gasteiger partial charge in [0.05, 0.1) is 11.2 Å². The summed E-state index contributed by atoms with van der Waals surface area (Å²) in [6.07, 6.45) is 2.35. The molecule has 1 heterocycles. The summed E-state index contributed by atoms with van der Waals surface area (Å²) in [4.78, 5) is 16.5. The molecular formula is C10H15ClN2OS. The van der Waals surface area contributed by atoms with Crippen LogP contribution in [0.2, 0.25) is 0 Å². The summed E-state index contributed by atoms with van der Waals surface area (Å²) >= 11 is 7.06. The highest BCUT2D eigenvalue weighted by atomic mass is 35.5. The van der Waals surface area contributed by atoms with Crippen molar-refractivity contribution >= 4 is 28.8 Å². The molecule has 15 heavy (non-hydrogen) atoms. The molecule has 0 atom stereocenters. The van der Waals surface area contributed by atoms with Gasteiger partial charge in [0.25, 0.3) is 5.91 Å². The van der Waals surface area contributed by atoms with Gasteiger partial charge in [-0.05, 0) is 27.2 Å². The summed E-state index contributed by atoms with van der Waals surface area (Å²) in [6.45, 7) is 5.80. The number of carbonyl (C=O) groups excluding carboxylic acids is 1. The van der Waals surface area contributed by atoms with E-state index in [9.17, 15) is 4.79 Å². The van der Waals surface area contributed by atoms with Crippen LogP contribution in [0.4, 0.5) is 0 Å². The zero-order chi connectivity index (χ0) is 11.5. The van der Waals surface area contributed by atoms with Crippen molar-refractivity contribution in [2.24, 2.45) is 0 Å². The third kappa shape index (κ3) is 3.80. The molecule has 0 radical (unpaired) electrons. The molecule has 5 heteroatoms. The van der Waals surface area contributed by atoms with Crippen LogP contribution in [0.25, 0.3) is 0 Å². The topological polar surface area (TPSA) is 42.0 Å². The average Bonchev–Trinajstić information content (AvgIpc) is 2.50. The molecule has 0 aliphatic rings. The molecule has 84 valence electrons. The SMILES string of the molecule is Cc1ncc(C(=O)NC(C)(C)CCCl)s1. The summed E-state index contributed by atoms with van der Waals surface area (Å²) in [7, 11) is 0. The van der Waals surface area contributed by atoms with Crippen molar-refractivity contribution in [3.05, 3.63) is 16.1 Å². The van der Waals surface area contributed by atoms with Gasteiger partial charge in [-0.1, -0.05) is 0 Å². The molecule has 0 unspecified atom stereocenters. The Hall–Kier alpha value is -0.610. The van der Waals surface area contributed by atoms with E-state index in [2.05, 4.69) is 10.3 Å². The van der Waals surface area contributed by atoms with Crippen LogP contribution in [0.3, 0.4) is 0 Å². The van der Waals surface area contributed by atoms with Gasteiger partial charge in [-0.15, -0.1) is 22.9 Å². The van der Waals surface area contributed by atoms with Crippen molar-refractivity contribution in [2.75, 3.05) is 5.88 Å². The van der Waals surface area contributed by atoms with Crippen molar-refractivity contribution in [1.29, 1.82) is 0 Å². The molecule has 1 aromatic heterocycles. The Morgan fingerprint density at radius 2 is 2.33 bits per heavy atom. The first-order valence-corrected chi connectivity index (χ1v) is 6.10. The van der Waals surface area contributed by atoms with Crippen LogP contribution in [0.1, 0.15) is 34.9 Å². The molecule has 3 nitrogen and oxygen atoms in total. The van der Waals surface area contributed by atoms with E-state index in [-0.39, 0.29) is 11.4 Å². The molecule has 0 fully saturated rings. The Balaban J connectivity index is 2.63. The van der Waals surface area contributed by atoms with Gasteiger partial charge >= 0.3 is 0 Å². The van der Waals surface area contributed by atoms with Crippen LogP contribution in [0.15, 0.2) is 6.20 Å². The van der Waals surface area contributed by atoms with E-state index in [1.165, 1.54) is 11.3 Å². The number of amides is 1. The van der Waals surface area contributed by atoms with Gasteiger partial charge in [-0.25, -0.2) is 4.98 Å². The second kappa shape index (κ2) is 4.94. The molecule has 0 aromatic carbocycles. The molecule has 0 saturated carbocycles. The largest absolute Gasteiger partial charge is 0.346 e. The number of nitrogens with one attached hydrogen (secondary N) is 1. The molecule has 0 bridgehead atoms. The lowest BCUT2D eigenvalue weighted by atomic mass is 10.0. The number of rotatable bonds is 4. The van der Waals surface area contributed by atoms with Gasteiger partial charge in [0.15, 0.2) is 0 Å². The first-order valence-electron chi connectivity index (χ1n) is 4.75. The maximum atomic E-state index is 11.8. The fourth-order valence-corrected chi connectivity index (χ4v) is 2.28. The molecule has 1 aromatic rings. The molecule has 1 amide bonds. The number of thiazole rings is 1. The second-order valence-electron chi connectivity index (χ2n) is 4.02. The third-order valence-electron chi connectivity index (χ3n) is 2.02. The number of aromatic nitrogens is 1. The first kappa shape index (κ1) is 12.5. The predicted octanol–water partition coefficient (Wildman–Crippen LogP) is 2.59. The summed E-state index contributed by atoms with van der Waals surface area (Å²) in [5.74, 6) is 0.463. The average molecular weight is 247 g/mol. The number of hydrogen-bond donors (Lipinski definition) is 1. The van der Waals surface area contributed by atoms with E-state index in [1.807, 2.05) is 20.8 Å². The van der Waals surface area contributed by atoms with Crippen molar-refractivity contribution in [2.45, 2.75) is 32.7 Å². The van der Waals surface area contributed by atoms with Crippen LogP contribution >= 0.6 is 22.9 Å². The van der Waals surface area contributed by atoms with Crippen molar-refractivity contribution in [3.8, 4) is 0 Å². The smallest absolute Gasteiger partial charge is 0.263 e. The van der Waals surface area contributed by atoms with Gasteiger partial charge in [-0.3, -0.25) is 4.79 Å². The van der Waals surface area contributed by atoms with Crippen LogP contribution < -0.4 is 5.32 Å². The minimum absolute atomic E-state index is 0.0734. The quantitative estimate of drug-likeness (QED) is 0.830. The second-order valence-corrected chi connectivity index (χ2v) is 5.63. The Bertz CT molecular complexity index is 349. The highest BCUT2D eigenvalue weighted by Crippen LogP contribution is 2.15. The molecule has 0 saturated heterocycles. The van der Waals surface area contributed by atoms with Gasteiger partial charge in [0.2, 0.25) is 0 Å². The normalized spacial score (nSPS) is 11.5. The van der Waals surface area contributed by atoms with Gasteiger partial charge in [0, 0.05) is 11.4 Å². The molecule has 0 spiro atoms. The number of alkyl halides is 1. The third-order valence-corrected chi connectivity index (χ3v) is 3.12. The number of aryl methyl sites for hydroxylation is 1. The molecule has 1 rings (SSSR count). The Kier molecular flexibility index (Phi) is 4.11. The molecule has 1 N–H and O–H groups in total. The van der Waals surface area contributed by atoms with E-state index >= 15 is 0 Å². The monoisotopic (exact) mass is 246 g/mol. The molecule has 0 aliphatic carbocycles. The number of hydrogen-bond acceptors (Lipinski definition) is 3. The van der Waals surface area contributed by atoms with Crippen LogP contribution in [0, 0.1) is 6.92 Å². The standard InChI is InChI=1S/C10H15ClN2OS/c1-7-12-6-8(15-7)9(14)13-10(2,3)4-5-11/h6H,4-5H2,1-3H3,(H,13,14). The number of carbonyl (C=O) groups is 1. The summed E-state index contributed by atoms with van der Waals surface area (Å²) in [6, 6.07) is 0. The zero-order valence-electron chi connectivity index (χ0n) is 9.13. The van der Waals surface area contributed by atoms with Gasteiger partial charge in [0.1, 0.15) is 4.88 Å². The van der Waals surface area contributed by atoms with Crippen molar-refractivity contribution in [3.63, 3.8) is 0 Å². The van der Waals surface area contributed by atoms with E-state index < -0.39 is 0 Å². The lowest BCUT2D eigenvalue weighted by molar-refractivity contribution is 0.0915. The minimum Gasteiger partial charge on any atom is -0.346 e. The van der Waals surface area contributed by atoms with Gasteiger partial charge < -0.3 is 5.32 Å². The minimum atomic E-state index is -0.267. The van der Waals surface area contributed by atoms with Crippen molar-refractivity contribution in [1.82, 2.24) is 10.3 Å². The predicted molar refractivity (Wildman–Crippen MR) is 63.7 cm³/mol. The fourth-order valence-electron chi connectivity index (χ4n) is 1.13. The summed E-state index contributed by atoms with van der Waals surface area (Å²) in [5.41, 5.74) is -0.267. The highest BCUT2D eigenvalue weighted by Gasteiger charge is 2.21. The Morgan fingerprint density at radius 1 is 1.67 bits per heavy atom. The van der Waals surface area contributed by atoms with E-state index in [0.717, 1.165) is 11.4 Å². The fraction of sp³-hybridized carbons (Fsp3) is 0.600. The number of halogens is 1. The molecule has 0 aliphatic heterocycles. The number of nitrogens with zero attached hydrogens (tertiary/aromatic N) is 1. The summed E-state index contributed by atoms with van der Waals surface area (Å²) < 4.78 is 0. The Labute approximate surface area is 98.9 Å². The molecular weight excluding hydrogens is 232 g/mol. The Morgan fingerprint density at radius 3 is 2.80 bits per heavy atom. The maximum absolute atomic E-state index is 11.8. The van der Waals surface area contributed by atoms with E-state index in [1.54, 1.807) is 6.20 Å². The lowest BCUT2D eigenvalue weighted by Gasteiger charge is -2.24. The van der Waals surface area contributed by atoms with E-state index in [4.69, 9.17) is 11.6 Å². The zero-order valence-corrected chi connectivity index (χ0v) is 10.7. The van der Waals surface area contributed by atoms with Gasteiger partial charge in [-0.2, -0.15) is 0 Å². The van der Waals surface area contributed by atoms with Crippen molar-refractivity contribution < 1.29 is 4.79 Å². The maximum Gasteiger partial charge on any atom is 0.263 e. The van der Waals surface area contributed by atoms with Crippen LogP contribution in [0.5, 0.6) is 0 Å². The summed E-state index contributed by atoms with van der Waals surface area (Å²) in [5, 5.41) is 3.83. The first-order chi connectivity index (χ1) is 6.94. The van der Waals surface area contributed by atoms with E-state index in [0.29, 0.717) is 10.8 Å². The van der Waals surface area contributed by atoms with Crippen LogP contribution in [-0.4, -0.2) is 22.3 Å². The van der Waals surface area contributed by atoms with Crippen LogP contribution in [-0.2, 0) is 0 Å². The highest BCUT2D eigenvalue weighted by molar-refractivity contribution is 7.13. The lowest BCUT2D eigenvalue weighted by Crippen LogP contribution is -2.43.